The molecular weight excluding hydrogens is 172 g/mol. The number of hydrogen-bond donors (Lipinski definition) is 1. The molecule has 0 saturated carbocycles. The molecule has 0 bridgehead atoms. The van der Waals surface area contributed by atoms with Gasteiger partial charge in [-0.05, 0) is 13.8 Å². The number of ether oxygens (including phenoxy) is 1. The number of halogens is 1. The van der Waals surface area contributed by atoms with Crippen molar-refractivity contribution < 1.29 is 19.4 Å². The summed E-state index contributed by atoms with van der Waals surface area (Å²) < 4.78 is 4.46. The van der Waals surface area contributed by atoms with Gasteiger partial charge in [-0.3, -0.25) is 4.79 Å². The number of rotatable bonds is 2. The third-order valence-corrected chi connectivity index (χ3v) is 0.914. The van der Waals surface area contributed by atoms with E-state index in [-0.39, 0.29) is 12.4 Å². The minimum Gasteiger partial charge on any atom is -0.478 e. The Morgan fingerprint density at radius 3 is 1.82 bits per heavy atom. The van der Waals surface area contributed by atoms with Crippen LogP contribution in [0.4, 0.5) is 0 Å². The Morgan fingerprint density at radius 2 is 1.73 bits per heavy atom. The normalized spacial score (nSPS) is 9.73. The Hall–Kier alpha value is -0.770. The smallest absolute Gasteiger partial charge is 0.347 e. The Kier molecular flexibility index (Phi) is 4.89. The maximum absolute atomic E-state index is 10.3. The van der Waals surface area contributed by atoms with Gasteiger partial charge >= 0.3 is 11.9 Å². The predicted octanol–water partition coefficient (Wildman–Crippen LogP) is 0.834. The Bertz CT molecular complexity index is 164. The molecule has 5 heteroatoms. The van der Waals surface area contributed by atoms with E-state index in [2.05, 4.69) is 4.74 Å². The van der Waals surface area contributed by atoms with Gasteiger partial charge in [0.25, 0.3) is 0 Å². The van der Waals surface area contributed by atoms with E-state index < -0.39 is 17.5 Å². The van der Waals surface area contributed by atoms with Crippen molar-refractivity contribution >= 4 is 24.3 Å². The van der Waals surface area contributed by atoms with Crippen LogP contribution in [0.5, 0.6) is 0 Å². The molecule has 0 aromatic carbocycles. The molecule has 0 saturated heterocycles. The highest BCUT2D eigenvalue weighted by atomic mass is 35.5. The molecule has 0 aliphatic heterocycles. The van der Waals surface area contributed by atoms with Crippen LogP contribution in [0.25, 0.3) is 0 Å². The molecule has 0 fully saturated rings. The van der Waals surface area contributed by atoms with Crippen LogP contribution in [0.15, 0.2) is 0 Å². The van der Waals surface area contributed by atoms with Gasteiger partial charge in [0.1, 0.15) is 0 Å². The average molecular weight is 183 g/mol. The number of carbonyl (C=O) groups is 2. The largest absolute Gasteiger partial charge is 0.478 e. The van der Waals surface area contributed by atoms with Gasteiger partial charge in [-0.1, -0.05) is 0 Å². The van der Waals surface area contributed by atoms with E-state index in [4.69, 9.17) is 5.11 Å². The van der Waals surface area contributed by atoms with E-state index in [1.165, 1.54) is 20.8 Å². The Labute approximate surface area is 70.9 Å². The van der Waals surface area contributed by atoms with Crippen molar-refractivity contribution in [3.05, 3.63) is 0 Å². The summed E-state index contributed by atoms with van der Waals surface area (Å²) in [6.45, 7) is 3.80. The summed E-state index contributed by atoms with van der Waals surface area (Å²) in [7, 11) is 0. The fourth-order valence-electron chi connectivity index (χ4n) is 0.403. The fraction of sp³-hybridized carbons (Fsp3) is 0.667. The van der Waals surface area contributed by atoms with Crippen molar-refractivity contribution in [2.45, 2.75) is 26.4 Å². The lowest BCUT2D eigenvalue weighted by molar-refractivity contribution is -0.172. The summed E-state index contributed by atoms with van der Waals surface area (Å²) >= 11 is 0. The monoisotopic (exact) mass is 182 g/mol. The molecule has 1 N–H and O–H groups in total. The van der Waals surface area contributed by atoms with Crippen molar-refractivity contribution in [3.8, 4) is 0 Å². The van der Waals surface area contributed by atoms with Crippen molar-refractivity contribution in [1.29, 1.82) is 0 Å². The summed E-state index contributed by atoms with van der Waals surface area (Å²) in [4.78, 5) is 20.6. The minimum atomic E-state index is -1.41. The first kappa shape index (κ1) is 12.9. The van der Waals surface area contributed by atoms with Gasteiger partial charge in [0, 0.05) is 6.92 Å². The third kappa shape index (κ3) is 4.61. The molecule has 0 amide bonds. The zero-order chi connectivity index (χ0) is 8.36. The van der Waals surface area contributed by atoms with Gasteiger partial charge in [0.15, 0.2) is 0 Å². The molecule has 0 aromatic heterocycles. The van der Waals surface area contributed by atoms with Gasteiger partial charge in [-0.15, -0.1) is 12.4 Å². The number of carbonyl (C=O) groups excluding carboxylic acids is 1. The van der Waals surface area contributed by atoms with Gasteiger partial charge in [-0.25, -0.2) is 4.79 Å². The van der Waals surface area contributed by atoms with E-state index >= 15 is 0 Å². The molecule has 0 atom stereocenters. The first-order valence-corrected chi connectivity index (χ1v) is 2.79. The van der Waals surface area contributed by atoms with Crippen LogP contribution in [-0.2, 0) is 14.3 Å². The second-order valence-electron chi connectivity index (χ2n) is 2.41. The molecule has 0 radical (unpaired) electrons. The molecule has 0 heterocycles. The summed E-state index contributed by atoms with van der Waals surface area (Å²) in [5.74, 6) is -1.74. The third-order valence-electron chi connectivity index (χ3n) is 0.914. The fourth-order valence-corrected chi connectivity index (χ4v) is 0.403. The topological polar surface area (TPSA) is 63.6 Å². The van der Waals surface area contributed by atoms with Crippen LogP contribution < -0.4 is 0 Å². The second-order valence-corrected chi connectivity index (χ2v) is 2.41. The van der Waals surface area contributed by atoms with Crippen molar-refractivity contribution in [3.63, 3.8) is 0 Å². The number of hydrogen-bond acceptors (Lipinski definition) is 3. The van der Waals surface area contributed by atoms with Crippen molar-refractivity contribution in [2.75, 3.05) is 0 Å². The van der Waals surface area contributed by atoms with Crippen LogP contribution in [0.3, 0.4) is 0 Å². The average Bonchev–Trinajstić information content (AvgIpc) is 1.60. The first-order chi connectivity index (χ1) is 4.36. The van der Waals surface area contributed by atoms with Crippen LogP contribution in [0.2, 0.25) is 0 Å². The lowest BCUT2D eigenvalue weighted by Crippen LogP contribution is -2.36. The standard InChI is InChI=1S/C6H10O4.ClH/c1-4(7)10-6(2,3)5(8)9;/h1-3H3,(H,8,9);1H. The maximum Gasteiger partial charge on any atom is 0.347 e. The lowest BCUT2D eigenvalue weighted by Gasteiger charge is -2.18. The molecule has 0 spiro atoms. The highest BCUT2D eigenvalue weighted by molar-refractivity contribution is 5.85. The van der Waals surface area contributed by atoms with Gasteiger partial charge in [-0.2, -0.15) is 0 Å². The zero-order valence-corrected chi connectivity index (χ0v) is 7.40. The quantitative estimate of drug-likeness (QED) is 0.643. The van der Waals surface area contributed by atoms with E-state index in [0.29, 0.717) is 0 Å². The summed E-state index contributed by atoms with van der Waals surface area (Å²) in [6.07, 6.45) is 0. The number of carboxylic acids is 1. The number of carboxylic acid groups (broad SMARTS) is 1. The van der Waals surface area contributed by atoms with Crippen LogP contribution in [-0.4, -0.2) is 22.6 Å². The van der Waals surface area contributed by atoms with Gasteiger partial charge < -0.3 is 9.84 Å². The Morgan fingerprint density at radius 1 is 1.36 bits per heavy atom. The molecule has 4 nitrogen and oxygen atoms in total. The summed E-state index contributed by atoms with van der Waals surface area (Å²) in [5, 5.41) is 8.41. The van der Waals surface area contributed by atoms with E-state index in [0.717, 1.165) is 0 Å². The molecule has 0 rings (SSSR count). The van der Waals surface area contributed by atoms with Crippen LogP contribution in [0.1, 0.15) is 20.8 Å². The van der Waals surface area contributed by atoms with Crippen LogP contribution in [0, 0.1) is 0 Å². The zero-order valence-electron chi connectivity index (χ0n) is 6.58. The molecule has 0 aliphatic carbocycles. The molecule has 66 valence electrons. The molecule has 11 heavy (non-hydrogen) atoms. The predicted molar refractivity (Wildman–Crippen MR) is 40.7 cm³/mol. The second kappa shape index (κ2) is 4.18. The summed E-state index contributed by atoms with van der Waals surface area (Å²) in [5.41, 5.74) is -1.41. The van der Waals surface area contributed by atoms with E-state index in [1.54, 1.807) is 0 Å². The minimum absolute atomic E-state index is 0. The number of aliphatic carboxylic acids is 1. The summed E-state index contributed by atoms with van der Waals surface area (Å²) in [6, 6.07) is 0. The lowest BCUT2D eigenvalue weighted by atomic mass is 10.1. The molecule has 0 aromatic rings. The van der Waals surface area contributed by atoms with E-state index in [1.807, 2.05) is 0 Å². The highest BCUT2D eigenvalue weighted by Gasteiger charge is 2.30. The SMILES string of the molecule is CC(=O)OC(C)(C)C(=O)O.Cl. The first-order valence-electron chi connectivity index (χ1n) is 2.79. The highest BCUT2D eigenvalue weighted by Crippen LogP contribution is 2.08. The van der Waals surface area contributed by atoms with Crippen molar-refractivity contribution in [1.82, 2.24) is 0 Å². The Balaban J connectivity index is 0. The molecule has 0 aliphatic rings. The van der Waals surface area contributed by atoms with Crippen LogP contribution >= 0.6 is 12.4 Å². The number of esters is 1. The maximum atomic E-state index is 10.3. The van der Waals surface area contributed by atoms with E-state index in [9.17, 15) is 9.59 Å². The van der Waals surface area contributed by atoms with Gasteiger partial charge in [0.2, 0.25) is 5.60 Å². The molecular formula is C6H11ClO4. The van der Waals surface area contributed by atoms with Crippen molar-refractivity contribution in [2.24, 2.45) is 0 Å². The molecule has 0 unspecified atom stereocenters. The van der Waals surface area contributed by atoms with Gasteiger partial charge in [0.05, 0.1) is 0 Å².